The van der Waals surface area contributed by atoms with Crippen LogP contribution in [-0.2, 0) is 12.8 Å². The summed E-state index contributed by atoms with van der Waals surface area (Å²) in [5, 5.41) is 0. The normalized spacial score (nSPS) is 10.2. The molecule has 2 aromatic rings. The Labute approximate surface area is 76.5 Å². The summed E-state index contributed by atoms with van der Waals surface area (Å²) in [6, 6.07) is 5.79. The molecule has 0 aliphatic heterocycles. The Kier molecular flexibility index (Phi) is 2.36. The molecule has 3 nitrogen and oxygen atoms in total. The first-order chi connectivity index (χ1) is 6.45. The highest BCUT2D eigenvalue weighted by molar-refractivity contribution is 5.04. The summed E-state index contributed by atoms with van der Waals surface area (Å²) in [7, 11) is 0. The van der Waals surface area contributed by atoms with Gasteiger partial charge < -0.3 is 4.42 Å². The van der Waals surface area contributed by atoms with Crippen molar-refractivity contribution in [2.75, 3.05) is 0 Å². The molecule has 0 bridgehead atoms. The minimum atomic E-state index is 0.893. The standard InChI is InChI=1S/C10H10N2O/c1-2-10(13-7-1)4-3-9-5-6-11-8-12-9/h1-2,5-8H,3-4H2. The van der Waals surface area contributed by atoms with Crippen LogP contribution in [0.5, 0.6) is 0 Å². The van der Waals surface area contributed by atoms with E-state index in [1.54, 1.807) is 18.8 Å². The van der Waals surface area contributed by atoms with Gasteiger partial charge in [0, 0.05) is 18.3 Å². The van der Waals surface area contributed by atoms with Gasteiger partial charge in [-0.3, -0.25) is 0 Å². The van der Waals surface area contributed by atoms with Gasteiger partial charge in [-0.15, -0.1) is 0 Å². The molecule has 2 rings (SSSR count). The predicted octanol–water partition coefficient (Wildman–Crippen LogP) is 1.85. The Morgan fingerprint density at radius 1 is 1.23 bits per heavy atom. The lowest BCUT2D eigenvalue weighted by Crippen LogP contribution is -1.92. The molecule has 13 heavy (non-hydrogen) atoms. The van der Waals surface area contributed by atoms with E-state index in [1.807, 2.05) is 18.2 Å². The minimum absolute atomic E-state index is 0.893. The van der Waals surface area contributed by atoms with Crippen LogP contribution in [-0.4, -0.2) is 9.97 Å². The summed E-state index contributed by atoms with van der Waals surface area (Å²) in [6.45, 7) is 0. The van der Waals surface area contributed by atoms with E-state index in [0.29, 0.717) is 0 Å². The molecular formula is C10H10N2O. The zero-order chi connectivity index (χ0) is 8.93. The fraction of sp³-hybridized carbons (Fsp3) is 0.200. The van der Waals surface area contributed by atoms with Gasteiger partial charge in [-0.25, -0.2) is 9.97 Å². The van der Waals surface area contributed by atoms with Crippen LogP contribution < -0.4 is 0 Å². The lowest BCUT2D eigenvalue weighted by atomic mass is 10.2. The van der Waals surface area contributed by atoms with Gasteiger partial charge in [0.15, 0.2) is 0 Å². The molecule has 0 amide bonds. The maximum Gasteiger partial charge on any atom is 0.115 e. The topological polar surface area (TPSA) is 38.9 Å². The number of nitrogens with zero attached hydrogens (tertiary/aromatic N) is 2. The average molecular weight is 174 g/mol. The lowest BCUT2D eigenvalue weighted by molar-refractivity contribution is 0.507. The van der Waals surface area contributed by atoms with Crippen LogP contribution >= 0.6 is 0 Å². The zero-order valence-corrected chi connectivity index (χ0v) is 7.18. The van der Waals surface area contributed by atoms with E-state index in [2.05, 4.69) is 9.97 Å². The highest BCUT2D eigenvalue weighted by atomic mass is 16.3. The van der Waals surface area contributed by atoms with Gasteiger partial charge in [0.25, 0.3) is 0 Å². The highest BCUT2D eigenvalue weighted by Crippen LogP contribution is 2.04. The van der Waals surface area contributed by atoms with Crippen LogP contribution in [0, 0.1) is 0 Å². The van der Waals surface area contributed by atoms with Crippen molar-refractivity contribution in [2.24, 2.45) is 0 Å². The number of aryl methyl sites for hydroxylation is 2. The Morgan fingerprint density at radius 2 is 2.23 bits per heavy atom. The molecule has 2 heterocycles. The molecule has 0 unspecified atom stereocenters. The molecule has 0 aliphatic carbocycles. The van der Waals surface area contributed by atoms with Crippen molar-refractivity contribution in [1.29, 1.82) is 0 Å². The third-order valence-electron chi connectivity index (χ3n) is 1.85. The van der Waals surface area contributed by atoms with Crippen molar-refractivity contribution in [3.63, 3.8) is 0 Å². The first-order valence-electron chi connectivity index (χ1n) is 4.22. The molecule has 0 radical (unpaired) electrons. The second-order valence-electron chi connectivity index (χ2n) is 2.78. The largest absolute Gasteiger partial charge is 0.469 e. The molecule has 0 saturated heterocycles. The quantitative estimate of drug-likeness (QED) is 0.712. The number of aromatic nitrogens is 2. The average Bonchev–Trinajstić information content (AvgIpc) is 2.69. The molecule has 2 aromatic heterocycles. The van der Waals surface area contributed by atoms with Gasteiger partial charge in [-0.05, 0) is 24.6 Å². The SMILES string of the molecule is c1coc(CCc2ccncn2)c1. The smallest absolute Gasteiger partial charge is 0.115 e. The van der Waals surface area contributed by atoms with Crippen molar-refractivity contribution in [3.8, 4) is 0 Å². The van der Waals surface area contributed by atoms with E-state index in [-0.39, 0.29) is 0 Å². The Morgan fingerprint density at radius 3 is 2.92 bits per heavy atom. The molecule has 0 spiro atoms. The molecule has 0 N–H and O–H groups in total. The van der Waals surface area contributed by atoms with Crippen molar-refractivity contribution < 1.29 is 4.42 Å². The second kappa shape index (κ2) is 3.85. The zero-order valence-electron chi connectivity index (χ0n) is 7.18. The van der Waals surface area contributed by atoms with E-state index in [0.717, 1.165) is 24.3 Å². The number of rotatable bonds is 3. The third-order valence-corrected chi connectivity index (χ3v) is 1.85. The molecule has 0 atom stereocenters. The van der Waals surface area contributed by atoms with E-state index in [1.165, 1.54) is 0 Å². The Bertz CT molecular complexity index is 342. The number of furan rings is 1. The summed E-state index contributed by atoms with van der Waals surface area (Å²) >= 11 is 0. The van der Waals surface area contributed by atoms with E-state index < -0.39 is 0 Å². The van der Waals surface area contributed by atoms with Gasteiger partial charge >= 0.3 is 0 Å². The number of hydrogen-bond acceptors (Lipinski definition) is 3. The van der Waals surface area contributed by atoms with Crippen molar-refractivity contribution in [1.82, 2.24) is 9.97 Å². The van der Waals surface area contributed by atoms with Gasteiger partial charge in [0.1, 0.15) is 12.1 Å². The van der Waals surface area contributed by atoms with Crippen LogP contribution in [0.1, 0.15) is 11.5 Å². The fourth-order valence-electron chi connectivity index (χ4n) is 1.17. The fourth-order valence-corrected chi connectivity index (χ4v) is 1.17. The summed E-state index contributed by atoms with van der Waals surface area (Å²) in [5.74, 6) is 0.999. The molecule has 66 valence electrons. The van der Waals surface area contributed by atoms with E-state index in [4.69, 9.17) is 4.42 Å². The molecule has 0 saturated carbocycles. The summed E-state index contributed by atoms with van der Waals surface area (Å²) < 4.78 is 5.21. The maximum absolute atomic E-state index is 5.21. The summed E-state index contributed by atoms with van der Waals surface area (Å²) in [4.78, 5) is 7.98. The first-order valence-corrected chi connectivity index (χ1v) is 4.22. The predicted molar refractivity (Wildman–Crippen MR) is 48.1 cm³/mol. The van der Waals surface area contributed by atoms with Crippen LogP contribution in [0.4, 0.5) is 0 Å². The van der Waals surface area contributed by atoms with Crippen molar-refractivity contribution in [2.45, 2.75) is 12.8 Å². The Hall–Kier alpha value is -1.64. The molecular weight excluding hydrogens is 164 g/mol. The first kappa shape index (κ1) is 7.98. The maximum atomic E-state index is 5.21. The van der Waals surface area contributed by atoms with Crippen LogP contribution in [0.2, 0.25) is 0 Å². The molecule has 3 heteroatoms. The van der Waals surface area contributed by atoms with Gasteiger partial charge in [0.2, 0.25) is 0 Å². The number of hydrogen-bond donors (Lipinski definition) is 0. The molecule has 0 aromatic carbocycles. The third kappa shape index (κ3) is 2.15. The highest BCUT2D eigenvalue weighted by Gasteiger charge is 1.97. The van der Waals surface area contributed by atoms with E-state index >= 15 is 0 Å². The van der Waals surface area contributed by atoms with E-state index in [9.17, 15) is 0 Å². The monoisotopic (exact) mass is 174 g/mol. The molecule has 0 fully saturated rings. The molecule has 0 aliphatic rings. The van der Waals surface area contributed by atoms with Crippen LogP contribution in [0.25, 0.3) is 0 Å². The van der Waals surface area contributed by atoms with Crippen molar-refractivity contribution in [3.05, 3.63) is 48.4 Å². The van der Waals surface area contributed by atoms with Gasteiger partial charge in [-0.2, -0.15) is 0 Å². The van der Waals surface area contributed by atoms with Crippen LogP contribution in [0.3, 0.4) is 0 Å². The van der Waals surface area contributed by atoms with Gasteiger partial charge in [0.05, 0.1) is 6.26 Å². The van der Waals surface area contributed by atoms with Crippen molar-refractivity contribution >= 4 is 0 Å². The lowest BCUT2D eigenvalue weighted by Gasteiger charge is -1.96. The Balaban J connectivity index is 1.94. The minimum Gasteiger partial charge on any atom is -0.469 e. The van der Waals surface area contributed by atoms with Gasteiger partial charge in [-0.1, -0.05) is 0 Å². The summed E-state index contributed by atoms with van der Waals surface area (Å²) in [6.07, 6.45) is 6.80. The van der Waals surface area contributed by atoms with Crippen LogP contribution in [0.15, 0.2) is 41.4 Å². The summed E-state index contributed by atoms with van der Waals surface area (Å²) in [5.41, 5.74) is 1.05. The second-order valence-corrected chi connectivity index (χ2v) is 2.78.